The van der Waals surface area contributed by atoms with Crippen LogP contribution in [-0.2, 0) is 4.74 Å². The lowest BCUT2D eigenvalue weighted by Gasteiger charge is -2.10. The molecule has 0 aliphatic heterocycles. The van der Waals surface area contributed by atoms with E-state index in [2.05, 4.69) is 35.1 Å². The van der Waals surface area contributed by atoms with Crippen LogP contribution >= 0.6 is 15.9 Å². The Morgan fingerprint density at radius 3 is 2.78 bits per heavy atom. The zero-order chi connectivity index (χ0) is 13.5. The van der Waals surface area contributed by atoms with Crippen molar-refractivity contribution in [3.8, 4) is 0 Å². The van der Waals surface area contributed by atoms with Gasteiger partial charge in [-0.1, -0.05) is 29.8 Å². The minimum absolute atomic E-state index is 0.259. The first-order chi connectivity index (χ1) is 8.49. The number of aromatic carboxylic acids is 1. The van der Waals surface area contributed by atoms with Crippen LogP contribution in [0.15, 0.2) is 22.7 Å². The highest BCUT2D eigenvalue weighted by Gasteiger charge is 2.05. The number of carboxylic acid groups (broad SMARTS) is 1. The fraction of sp³-hybridized carbons (Fsp3) is 0.462. The molecule has 0 fully saturated rings. The maximum absolute atomic E-state index is 10.9. The van der Waals surface area contributed by atoms with E-state index < -0.39 is 5.97 Å². The van der Waals surface area contributed by atoms with E-state index in [0.29, 0.717) is 19.1 Å². The number of halogens is 1. The Morgan fingerprint density at radius 2 is 2.17 bits per heavy atom. The van der Waals surface area contributed by atoms with E-state index >= 15 is 0 Å². The minimum atomic E-state index is -0.935. The lowest BCUT2D eigenvalue weighted by molar-refractivity contribution is 0.0697. The van der Waals surface area contributed by atoms with Crippen LogP contribution in [0.25, 0.3) is 0 Å². The Hall–Kier alpha value is -1.07. The molecule has 0 atom stereocenters. The molecule has 0 saturated heterocycles. The largest absolute Gasteiger partial charge is 0.478 e. The van der Waals surface area contributed by atoms with Crippen molar-refractivity contribution in [2.45, 2.75) is 13.8 Å². The summed E-state index contributed by atoms with van der Waals surface area (Å²) in [5.74, 6) is -0.412. The Labute approximate surface area is 115 Å². The van der Waals surface area contributed by atoms with Crippen molar-refractivity contribution < 1.29 is 14.6 Å². The molecule has 4 nitrogen and oxygen atoms in total. The molecule has 1 aromatic rings. The van der Waals surface area contributed by atoms with Crippen molar-refractivity contribution in [3.05, 3.63) is 28.2 Å². The summed E-state index contributed by atoms with van der Waals surface area (Å²) in [6.07, 6.45) is 0. The fourth-order valence-electron chi connectivity index (χ4n) is 1.40. The van der Waals surface area contributed by atoms with E-state index in [4.69, 9.17) is 9.84 Å². The summed E-state index contributed by atoms with van der Waals surface area (Å²) in [5, 5.41) is 12.1. The second kappa shape index (κ2) is 7.38. The maximum Gasteiger partial charge on any atom is 0.335 e. The molecule has 0 aliphatic carbocycles. The molecular weight excluding hydrogens is 298 g/mol. The van der Waals surface area contributed by atoms with Gasteiger partial charge in [0.1, 0.15) is 0 Å². The van der Waals surface area contributed by atoms with Gasteiger partial charge in [-0.15, -0.1) is 0 Å². The smallest absolute Gasteiger partial charge is 0.335 e. The Morgan fingerprint density at radius 1 is 1.44 bits per heavy atom. The normalized spacial score (nSPS) is 10.7. The summed E-state index contributed by atoms with van der Waals surface area (Å²) in [6, 6.07) is 5.02. The predicted molar refractivity (Wildman–Crippen MR) is 75.2 cm³/mol. The van der Waals surface area contributed by atoms with Crippen LogP contribution in [0.4, 0.5) is 5.69 Å². The molecule has 18 heavy (non-hydrogen) atoms. The summed E-state index contributed by atoms with van der Waals surface area (Å²) < 4.78 is 6.18. The number of nitrogens with one attached hydrogen (secondary N) is 1. The van der Waals surface area contributed by atoms with Gasteiger partial charge < -0.3 is 15.2 Å². The van der Waals surface area contributed by atoms with Crippen molar-refractivity contribution in [1.29, 1.82) is 0 Å². The minimum Gasteiger partial charge on any atom is -0.478 e. The molecule has 0 aromatic heterocycles. The van der Waals surface area contributed by atoms with Gasteiger partial charge in [-0.2, -0.15) is 0 Å². The van der Waals surface area contributed by atoms with E-state index in [0.717, 1.165) is 16.8 Å². The first-order valence-electron chi connectivity index (χ1n) is 5.84. The molecule has 1 aromatic carbocycles. The van der Waals surface area contributed by atoms with Crippen molar-refractivity contribution in [1.82, 2.24) is 0 Å². The van der Waals surface area contributed by atoms with Gasteiger partial charge in [0.05, 0.1) is 12.2 Å². The van der Waals surface area contributed by atoms with Crippen LogP contribution in [0, 0.1) is 5.92 Å². The third kappa shape index (κ3) is 5.51. The zero-order valence-corrected chi connectivity index (χ0v) is 12.2. The Bertz CT molecular complexity index is 407. The molecule has 0 amide bonds. The third-order valence-electron chi connectivity index (χ3n) is 2.17. The fourth-order valence-corrected chi connectivity index (χ4v) is 1.89. The molecule has 0 bridgehead atoms. The van der Waals surface area contributed by atoms with Gasteiger partial charge in [0.15, 0.2) is 0 Å². The monoisotopic (exact) mass is 315 g/mol. The third-order valence-corrected chi connectivity index (χ3v) is 2.63. The molecule has 0 aliphatic rings. The lowest BCUT2D eigenvalue weighted by Crippen LogP contribution is -2.12. The van der Waals surface area contributed by atoms with Crippen molar-refractivity contribution >= 4 is 27.6 Å². The number of anilines is 1. The quantitative estimate of drug-likeness (QED) is 0.758. The van der Waals surface area contributed by atoms with E-state index in [-0.39, 0.29) is 5.56 Å². The summed E-state index contributed by atoms with van der Waals surface area (Å²) >= 11 is 3.29. The van der Waals surface area contributed by atoms with E-state index in [9.17, 15) is 4.79 Å². The molecule has 0 radical (unpaired) electrons. The van der Waals surface area contributed by atoms with Crippen LogP contribution in [0.3, 0.4) is 0 Å². The topological polar surface area (TPSA) is 58.6 Å². The lowest BCUT2D eigenvalue weighted by atomic mass is 10.2. The average molecular weight is 316 g/mol. The van der Waals surface area contributed by atoms with Gasteiger partial charge >= 0.3 is 5.97 Å². The first kappa shape index (κ1) is 15.0. The maximum atomic E-state index is 10.9. The molecule has 100 valence electrons. The molecule has 0 unspecified atom stereocenters. The van der Waals surface area contributed by atoms with Crippen LogP contribution in [0.1, 0.15) is 24.2 Å². The van der Waals surface area contributed by atoms with E-state index in [1.165, 1.54) is 0 Å². The van der Waals surface area contributed by atoms with Gasteiger partial charge in [0.2, 0.25) is 0 Å². The molecule has 1 rings (SSSR count). The van der Waals surface area contributed by atoms with Crippen molar-refractivity contribution in [2.24, 2.45) is 5.92 Å². The highest BCUT2D eigenvalue weighted by Crippen LogP contribution is 2.19. The van der Waals surface area contributed by atoms with E-state index in [1.54, 1.807) is 12.1 Å². The summed E-state index contributed by atoms with van der Waals surface area (Å²) in [7, 11) is 0. The van der Waals surface area contributed by atoms with Crippen molar-refractivity contribution in [2.75, 3.05) is 25.1 Å². The number of benzene rings is 1. The van der Waals surface area contributed by atoms with Crippen LogP contribution in [0.5, 0.6) is 0 Å². The van der Waals surface area contributed by atoms with Crippen LogP contribution in [-0.4, -0.2) is 30.8 Å². The van der Waals surface area contributed by atoms with Gasteiger partial charge in [-0.25, -0.2) is 4.79 Å². The summed E-state index contributed by atoms with van der Waals surface area (Å²) in [6.45, 7) is 6.19. The highest BCUT2D eigenvalue weighted by molar-refractivity contribution is 9.10. The number of rotatable bonds is 7. The molecule has 5 heteroatoms. The average Bonchev–Trinajstić information content (AvgIpc) is 2.27. The second-order valence-corrected chi connectivity index (χ2v) is 5.34. The van der Waals surface area contributed by atoms with Gasteiger partial charge in [0, 0.05) is 23.3 Å². The van der Waals surface area contributed by atoms with E-state index in [1.807, 2.05) is 6.07 Å². The van der Waals surface area contributed by atoms with Crippen LogP contribution in [0.2, 0.25) is 0 Å². The highest BCUT2D eigenvalue weighted by atomic mass is 79.9. The second-order valence-electron chi connectivity index (χ2n) is 4.43. The number of hydrogen-bond acceptors (Lipinski definition) is 3. The Balaban J connectivity index is 2.44. The molecule has 2 N–H and O–H groups in total. The zero-order valence-electron chi connectivity index (χ0n) is 10.6. The summed E-state index contributed by atoms with van der Waals surface area (Å²) in [5.41, 5.74) is 1.03. The first-order valence-corrected chi connectivity index (χ1v) is 6.64. The number of hydrogen-bond donors (Lipinski definition) is 2. The van der Waals surface area contributed by atoms with Crippen molar-refractivity contribution in [3.63, 3.8) is 0 Å². The van der Waals surface area contributed by atoms with Gasteiger partial charge in [0.25, 0.3) is 0 Å². The Kier molecular flexibility index (Phi) is 6.15. The van der Waals surface area contributed by atoms with Crippen LogP contribution < -0.4 is 5.32 Å². The number of ether oxygens (including phenoxy) is 1. The standard InChI is InChI=1S/C13H18BrNO3/c1-9(2)8-18-4-3-15-12-6-10(13(16)17)5-11(14)7-12/h5-7,9,15H,3-4,8H2,1-2H3,(H,16,17). The molecule has 0 saturated carbocycles. The van der Waals surface area contributed by atoms with Gasteiger partial charge in [-0.3, -0.25) is 0 Å². The summed E-state index contributed by atoms with van der Waals surface area (Å²) in [4.78, 5) is 10.9. The molecule has 0 spiro atoms. The number of carboxylic acids is 1. The molecular formula is C13H18BrNO3. The predicted octanol–water partition coefficient (Wildman–Crippen LogP) is 3.23. The van der Waals surface area contributed by atoms with Gasteiger partial charge in [-0.05, 0) is 24.1 Å². The molecule has 0 heterocycles. The number of carbonyl (C=O) groups is 1. The SMILES string of the molecule is CC(C)COCCNc1cc(Br)cc(C(=O)O)c1.